The average Bonchev–Trinajstić information content (AvgIpc) is 3.42. The number of nitrogens with one attached hydrogen (secondary N) is 2. The van der Waals surface area contributed by atoms with Crippen LogP contribution in [0.2, 0.25) is 5.02 Å². The lowest BCUT2D eigenvalue weighted by Crippen LogP contribution is -2.24. The van der Waals surface area contributed by atoms with E-state index in [2.05, 4.69) is 25.2 Å². The minimum Gasteiger partial charge on any atom is -0.304 e. The molecule has 0 saturated heterocycles. The minimum atomic E-state index is -3.94. The molecule has 0 aliphatic heterocycles. The van der Waals surface area contributed by atoms with E-state index in [1.165, 1.54) is 0 Å². The lowest BCUT2D eigenvalue weighted by Gasteiger charge is -2.12. The first kappa shape index (κ1) is 22.1. The minimum absolute atomic E-state index is 0.0438. The number of aromatic nitrogens is 4. The second-order valence-electron chi connectivity index (χ2n) is 6.63. The number of amides is 1. The highest BCUT2D eigenvalue weighted by Gasteiger charge is 2.21. The summed E-state index contributed by atoms with van der Waals surface area (Å²) >= 11 is 6.58. The number of hydrogen-bond acceptors (Lipinski definition) is 7. The van der Waals surface area contributed by atoms with Gasteiger partial charge in [0.05, 0.1) is 5.69 Å². The topological polar surface area (TPSA) is 119 Å². The Bertz CT molecular complexity index is 1370. The highest BCUT2D eigenvalue weighted by atomic mass is 35.5. The van der Waals surface area contributed by atoms with Crippen LogP contribution < -0.4 is 10.0 Å². The van der Waals surface area contributed by atoms with Crippen LogP contribution in [0.1, 0.15) is 21.7 Å². The number of carbonyl (C=O) groups is 1. The van der Waals surface area contributed by atoms with Gasteiger partial charge in [0.25, 0.3) is 15.9 Å². The van der Waals surface area contributed by atoms with Crippen LogP contribution in [0.4, 0.5) is 5.13 Å². The van der Waals surface area contributed by atoms with Crippen molar-refractivity contribution in [1.29, 1.82) is 0 Å². The van der Waals surface area contributed by atoms with Crippen molar-refractivity contribution in [2.45, 2.75) is 17.8 Å². The summed E-state index contributed by atoms with van der Waals surface area (Å²) in [5.41, 5.74) is 1.94. The first-order valence-electron chi connectivity index (χ1n) is 9.32. The third-order valence-electron chi connectivity index (χ3n) is 4.49. The fourth-order valence-corrected chi connectivity index (χ4v) is 4.97. The molecule has 2 heterocycles. The Kier molecular flexibility index (Phi) is 6.33. The summed E-state index contributed by atoms with van der Waals surface area (Å²) in [5, 5.41) is 10.6. The Balaban J connectivity index is 1.46. The molecule has 0 aliphatic rings. The van der Waals surface area contributed by atoms with Crippen molar-refractivity contribution >= 4 is 44.0 Å². The van der Waals surface area contributed by atoms with Crippen molar-refractivity contribution in [2.24, 2.45) is 0 Å². The molecule has 0 aliphatic carbocycles. The number of hydrogen-bond donors (Lipinski definition) is 2. The number of carbonyl (C=O) groups excluding carboxylic acids is 1. The first-order chi connectivity index (χ1) is 15.3. The molecule has 32 heavy (non-hydrogen) atoms. The van der Waals surface area contributed by atoms with E-state index in [9.17, 15) is 13.2 Å². The molecular weight excluding hydrogens is 472 g/mol. The molecule has 0 atom stereocenters. The van der Waals surface area contributed by atoms with Gasteiger partial charge in [0, 0.05) is 29.5 Å². The van der Waals surface area contributed by atoms with Crippen molar-refractivity contribution in [1.82, 2.24) is 24.5 Å². The third kappa shape index (κ3) is 4.86. The smallest absolute Gasteiger partial charge is 0.270 e. The Morgan fingerprint density at radius 3 is 2.59 bits per heavy atom. The van der Waals surface area contributed by atoms with E-state index in [1.54, 1.807) is 30.5 Å². The van der Waals surface area contributed by atoms with Gasteiger partial charge in [0.2, 0.25) is 9.47 Å². The van der Waals surface area contributed by atoms with E-state index in [0.717, 1.165) is 28.4 Å². The molecule has 2 aromatic carbocycles. The maximum absolute atomic E-state index is 12.7. The Morgan fingerprint density at radius 1 is 1.12 bits per heavy atom. The van der Waals surface area contributed by atoms with Gasteiger partial charge in [-0.2, -0.15) is 0 Å². The van der Waals surface area contributed by atoms with Gasteiger partial charge in [0.15, 0.2) is 0 Å². The molecule has 9 nitrogen and oxygen atoms in total. The summed E-state index contributed by atoms with van der Waals surface area (Å²) in [6.45, 7) is 1.91. The number of sulfonamides is 1. The van der Waals surface area contributed by atoms with Gasteiger partial charge >= 0.3 is 0 Å². The zero-order valence-electron chi connectivity index (χ0n) is 16.7. The van der Waals surface area contributed by atoms with E-state index in [-0.39, 0.29) is 16.0 Å². The molecule has 4 aromatic rings. The van der Waals surface area contributed by atoms with E-state index in [4.69, 9.17) is 11.6 Å². The highest BCUT2D eigenvalue weighted by Crippen LogP contribution is 2.22. The van der Waals surface area contributed by atoms with Crippen LogP contribution in [0.15, 0.2) is 65.3 Å². The fraction of sp³-hybridized carbons (Fsp3) is 0.100. The van der Waals surface area contributed by atoms with Crippen molar-refractivity contribution < 1.29 is 13.2 Å². The fourth-order valence-electron chi connectivity index (χ4n) is 2.90. The van der Waals surface area contributed by atoms with E-state index in [1.807, 2.05) is 42.0 Å². The maximum Gasteiger partial charge on any atom is 0.270 e. The van der Waals surface area contributed by atoms with Crippen molar-refractivity contribution in [3.8, 4) is 5.69 Å². The summed E-state index contributed by atoms with van der Waals surface area (Å²) in [6, 6.07) is 13.7. The van der Waals surface area contributed by atoms with Gasteiger partial charge in [-0.3, -0.25) is 10.1 Å². The molecule has 0 spiro atoms. The van der Waals surface area contributed by atoms with Crippen LogP contribution in [0, 0.1) is 6.92 Å². The lowest BCUT2D eigenvalue weighted by atomic mass is 10.2. The van der Waals surface area contributed by atoms with Crippen LogP contribution in [-0.2, 0) is 16.6 Å². The quantitative estimate of drug-likeness (QED) is 0.385. The van der Waals surface area contributed by atoms with Gasteiger partial charge in [-0.05, 0) is 42.8 Å². The third-order valence-corrected chi connectivity index (χ3v) is 7.35. The van der Waals surface area contributed by atoms with Crippen molar-refractivity contribution in [2.75, 3.05) is 5.32 Å². The predicted octanol–water partition coefficient (Wildman–Crippen LogP) is 3.42. The standard InChI is InChI=1S/C20H17ClN6O3S2/c1-13-22-10-11-27(13)17-5-3-2-4-15(17)12-23-32(29,30)20-26-25-19(31-20)24-18(28)14-6-8-16(21)9-7-14/h2-11,23H,12H2,1H3,(H,24,25,28). The molecule has 0 fully saturated rings. The SMILES string of the molecule is Cc1nccn1-c1ccccc1CNS(=O)(=O)c1nnc(NC(=O)c2ccc(Cl)cc2)s1. The Morgan fingerprint density at radius 2 is 1.88 bits per heavy atom. The summed E-state index contributed by atoms with van der Waals surface area (Å²) in [4.78, 5) is 16.5. The largest absolute Gasteiger partial charge is 0.304 e. The van der Waals surface area contributed by atoms with Crippen molar-refractivity contribution in [3.63, 3.8) is 0 Å². The Hall–Kier alpha value is -3.12. The number of nitrogens with zero attached hydrogens (tertiary/aromatic N) is 4. The van der Waals surface area contributed by atoms with Crippen LogP contribution in [0.5, 0.6) is 0 Å². The highest BCUT2D eigenvalue weighted by molar-refractivity contribution is 7.91. The van der Waals surface area contributed by atoms with Crippen LogP contribution in [0.25, 0.3) is 5.69 Å². The number of anilines is 1. The molecule has 1 amide bonds. The summed E-state index contributed by atoms with van der Waals surface area (Å²) in [6.07, 6.45) is 3.49. The maximum atomic E-state index is 12.7. The monoisotopic (exact) mass is 488 g/mol. The number of aryl methyl sites for hydroxylation is 1. The van der Waals surface area contributed by atoms with E-state index >= 15 is 0 Å². The van der Waals surface area contributed by atoms with Gasteiger partial charge < -0.3 is 4.57 Å². The van der Waals surface area contributed by atoms with Crippen LogP contribution in [-0.4, -0.2) is 34.1 Å². The molecule has 164 valence electrons. The molecule has 4 rings (SSSR count). The van der Waals surface area contributed by atoms with Gasteiger partial charge in [-0.25, -0.2) is 18.1 Å². The van der Waals surface area contributed by atoms with Crippen molar-refractivity contribution in [3.05, 3.63) is 82.9 Å². The number of benzene rings is 2. The van der Waals surface area contributed by atoms with Gasteiger partial charge in [-0.15, -0.1) is 10.2 Å². The average molecular weight is 489 g/mol. The van der Waals surface area contributed by atoms with Crippen LogP contribution >= 0.6 is 22.9 Å². The predicted molar refractivity (Wildman–Crippen MR) is 122 cm³/mol. The second kappa shape index (κ2) is 9.17. The lowest BCUT2D eigenvalue weighted by molar-refractivity contribution is 0.102. The normalized spacial score (nSPS) is 11.4. The number of rotatable bonds is 7. The summed E-state index contributed by atoms with van der Waals surface area (Å²) < 4.78 is 29.6. The zero-order chi connectivity index (χ0) is 22.7. The molecule has 0 radical (unpaired) electrons. The van der Waals surface area contributed by atoms with E-state index in [0.29, 0.717) is 10.6 Å². The zero-order valence-corrected chi connectivity index (χ0v) is 19.1. The molecule has 0 unspecified atom stereocenters. The number of imidazole rings is 1. The summed E-state index contributed by atoms with van der Waals surface area (Å²) in [7, 11) is -3.94. The van der Waals surface area contributed by atoms with Gasteiger partial charge in [-0.1, -0.05) is 41.1 Å². The van der Waals surface area contributed by atoms with Gasteiger partial charge in [0.1, 0.15) is 5.82 Å². The molecular formula is C20H17ClN6O3S2. The molecule has 0 saturated carbocycles. The van der Waals surface area contributed by atoms with E-state index < -0.39 is 15.9 Å². The number of para-hydroxylation sites is 1. The summed E-state index contributed by atoms with van der Waals surface area (Å²) in [5.74, 6) is 0.338. The molecule has 12 heteroatoms. The van der Waals surface area contributed by atoms with Crippen LogP contribution in [0.3, 0.4) is 0 Å². The molecule has 0 bridgehead atoms. The Labute approximate surface area is 193 Å². The molecule has 2 aromatic heterocycles. The number of halogens is 1. The first-order valence-corrected chi connectivity index (χ1v) is 12.0. The second-order valence-corrected chi connectivity index (χ2v) is 9.99. The molecule has 2 N–H and O–H groups in total.